The van der Waals surface area contributed by atoms with Gasteiger partial charge in [-0.3, -0.25) is 9.36 Å². The van der Waals surface area contributed by atoms with Gasteiger partial charge in [-0.15, -0.1) is 0 Å². The monoisotopic (exact) mass is 383 g/mol. The summed E-state index contributed by atoms with van der Waals surface area (Å²) in [6, 6.07) is 6.86. The number of nitrogens with zero attached hydrogens (tertiary/aromatic N) is 3. The number of hydrogen-bond donors (Lipinski definition) is 2. The van der Waals surface area contributed by atoms with Gasteiger partial charge in [0.05, 0.1) is 6.61 Å². The zero-order valence-electron chi connectivity index (χ0n) is 14.8. The van der Waals surface area contributed by atoms with Gasteiger partial charge in [-0.1, -0.05) is 28.9 Å². The average Bonchev–Trinajstić information content (AvgIpc) is 2.94. The van der Waals surface area contributed by atoms with Gasteiger partial charge in [-0.25, -0.2) is 9.78 Å². The molecule has 0 spiro atoms. The van der Waals surface area contributed by atoms with E-state index >= 15 is 0 Å². The molecule has 0 radical (unpaired) electrons. The largest absolute Gasteiger partial charge is 0.461 e. The van der Waals surface area contributed by atoms with Gasteiger partial charge in [0.1, 0.15) is 26.9 Å². The lowest BCUT2D eigenvalue weighted by atomic mass is 10.3. The standard InChI is InChI=1S/C18H17N5O3S/c1-3-23-16(10-12(11-19)18(25)26-4-2)27-13(17(23)24)8-9-21-15-7-5-6-14(20)22-15/h5-7,9H,3-4H2,1-2H3,(H3,20,21,22). The van der Waals surface area contributed by atoms with Crippen molar-refractivity contribution in [3.8, 4) is 6.07 Å². The molecule has 9 heteroatoms. The van der Waals surface area contributed by atoms with Crippen molar-refractivity contribution in [3.05, 3.63) is 49.5 Å². The summed E-state index contributed by atoms with van der Waals surface area (Å²) >= 11 is 1.06. The van der Waals surface area contributed by atoms with Crippen LogP contribution in [0.1, 0.15) is 13.8 Å². The molecule has 0 saturated carbocycles. The molecule has 0 aliphatic rings. The molecule has 3 N–H and O–H groups in total. The highest BCUT2D eigenvalue weighted by atomic mass is 32.1. The first-order valence-electron chi connectivity index (χ1n) is 8.02. The van der Waals surface area contributed by atoms with E-state index < -0.39 is 5.97 Å². The average molecular weight is 383 g/mol. The lowest BCUT2D eigenvalue weighted by Gasteiger charge is -1.97. The first-order chi connectivity index (χ1) is 13.0. The SMILES string of the molecule is CCOC(=O)C(=C=c1sc(=C=CNc2cccc(N)n2)c(=O)n1CC)C#N. The molecule has 8 nitrogen and oxygen atoms in total. The Morgan fingerprint density at radius 3 is 2.89 bits per heavy atom. The second kappa shape index (κ2) is 9.22. The number of nitrogens with two attached hydrogens (primary N) is 1. The molecule has 138 valence electrons. The van der Waals surface area contributed by atoms with Gasteiger partial charge in [0.2, 0.25) is 0 Å². The maximum atomic E-state index is 12.5. The van der Waals surface area contributed by atoms with E-state index in [-0.39, 0.29) is 22.3 Å². The number of aromatic nitrogens is 2. The Morgan fingerprint density at radius 1 is 1.48 bits per heavy atom. The van der Waals surface area contributed by atoms with Gasteiger partial charge >= 0.3 is 5.97 Å². The molecule has 2 aromatic heterocycles. The van der Waals surface area contributed by atoms with Crippen molar-refractivity contribution in [2.24, 2.45) is 0 Å². The zero-order valence-corrected chi connectivity index (χ0v) is 15.6. The Balaban J connectivity index is 2.57. The fraction of sp³-hybridized carbons (Fsp3) is 0.222. The lowest BCUT2D eigenvalue weighted by molar-refractivity contribution is -0.137. The number of carbonyl (C=O) groups is 1. The van der Waals surface area contributed by atoms with Gasteiger partial charge in [-0.2, -0.15) is 5.26 Å². The summed E-state index contributed by atoms with van der Waals surface area (Å²) in [5.74, 6) is 0.0949. The van der Waals surface area contributed by atoms with Crippen molar-refractivity contribution in [2.45, 2.75) is 20.4 Å². The summed E-state index contributed by atoms with van der Waals surface area (Å²) in [5, 5.41) is 12.0. The van der Waals surface area contributed by atoms with Crippen molar-refractivity contribution in [2.75, 3.05) is 17.7 Å². The van der Waals surface area contributed by atoms with Crippen LogP contribution < -0.4 is 25.8 Å². The number of anilines is 2. The first-order valence-corrected chi connectivity index (χ1v) is 8.83. The molecule has 0 fully saturated rings. The van der Waals surface area contributed by atoms with Crippen LogP contribution in [0.2, 0.25) is 0 Å². The number of carbonyl (C=O) groups excluding carboxylic acids is 1. The molecule has 0 aliphatic carbocycles. The van der Waals surface area contributed by atoms with E-state index in [0.29, 0.717) is 22.8 Å². The Morgan fingerprint density at radius 2 is 2.26 bits per heavy atom. The highest BCUT2D eigenvalue weighted by molar-refractivity contribution is 7.07. The molecule has 2 heterocycles. The van der Waals surface area contributed by atoms with Crippen LogP contribution in [0.4, 0.5) is 11.6 Å². The maximum Gasteiger partial charge on any atom is 0.357 e. The van der Waals surface area contributed by atoms with Gasteiger partial charge < -0.3 is 15.8 Å². The normalized spacial score (nSPS) is 9.52. The van der Waals surface area contributed by atoms with E-state index in [2.05, 4.69) is 21.8 Å². The van der Waals surface area contributed by atoms with E-state index in [4.69, 9.17) is 15.7 Å². The Bertz CT molecular complexity index is 1140. The number of pyridine rings is 1. The minimum atomic E-state index is -0.779. The highest BCUT2D eigenvalue weighted by Gasteiger charge is 2.10. The fourth-order valence-electron chi connectivity index (χ4n) is 2.02. The van der Waals surface area contributed by atoms with Gasteiger partial charge in [0, 0.05) is 12.7 Å². The third kappa shape index (κ3) is 4.97. The number of thiazole rings is 1. The van der Waals surface area contributed by atoms with Crippen LogP contribution in [0.25, 0.3) is 11.5 Å². The number of esters is 1. The van der Waals surface area contributed by atoms with E-state index in [9.17, 15) is 9.59 Å². The number of ether oxygens (including phenoxy) is 1. The summed E-state index contributed by atoms with van der Waals surface area (Å²) in [6.07, 6.45) is 1.44. The van der Waals surface area contributed by atoms with Gasteiger partial charge in [0.25, 0.3) is 5.56 Å². The molecule has 0 atom stereocenters. The van der Waals surface area contributed by atoms with Crippen molar-refractivity contribution >= 4 is 40.4 Å². The summed E-state index contributed by atoms with van der Waals surface area (Å²) in [7, 11) is 0. The number of nitrogen functional groups attached to an aromatic ring is 1. The summed E-state index contributed by atoms with van der Waals surface area (Å²) < 4.78 is 6.83. The second-order valence-electron chi connectivity index (χ2n) is 5.00. The predicted octanol–water partition coefficient (Wildman–Crippen LogP) is 0.305. The smallest absolute Gasteiger partial charge is 0.357 e. The van der Waals surface area contributed by atoms with Crippen LogP contribution in [0.15, 0.2) is 34.8 Å². The quantitative estimate of drug-likeness (QED) is 0.432. The lowest BCUT2D eigenvalue weighted by Crippen LogP contribution is -2.30. The van der Waals surface area contributed by atoms with Crippen molar-refractivity contribution in [3.63, 3.8) is 0 Å². The molecule has 2 aromatic rings. The van der Waals surface area contributed by atoms with Crippen molar-refractivity contribution < 1.29 is 9.53 Å². The van der Waals surface area contributed by atoms with Crippen LogP contribution in [0.3, 0.4) is 0 Å². The number of rotatable bonds is 5. The number of nitriles is 1. The molecular formula is C18H17N5O3S. The number of hydrogen-bond acceptors (Lipinski definition) is 8. The van der Waals surface area contributed by atoms with E-state index in [1.807, 2.05) is 0 Å². The molecule has 0 aromatic carbocycles. The molecular weight excluding hydrogens is 366 g/mol. The first kappa shape index (κ1) is 19.8. The third-order valence-electron chi connectivity index (χ3n) is 3.22. The second-order valence-corrected chi connectivity index (χ2v) is 6.00. The van der Waals surface area contributed by atoms with E-state index in [0.717, 1.165) is 11.3 Å². The van der Waals surface area contributed by atoms with Crippen molar-refractivity contribution in [1.29, 1.82) is 5.26 Å². The Labute approximate surface area is 158 Å². The molecule has 0 unspecified atom stereocenters. The van der Waals surface area contributed by atoms with Crippen LogP contribution >= 0.6 is 11.3 Å². The molecule has 0 bridgehead atoms. The molecule has 0 saturated heterocycles. The van der Waals surface area contributed by atoms with Crippen molar-refractivity contribution in [1.82, 2.24) is 9.55 Å². The van der Waals surface area contributed by atoms with E-state index in [1.165, 1.54) is 10.8 Å². The fourth-order valence-corrected chi connectivity index (χ4v) is 3.01. The molecule has 2 rings (SSSR count). The van der Waals surface area contributed by atoms with Gasteiger partial charge in [0.15, 0.2) is 5.57 Å². The summed E-state index contributed by atoms with van der Waals surface area (Å²) in [6.45, 7) is 3.91. The molecule has 0 aliphatic heterocycles. The predicted molar refractivity (Wildman–Crippen MR) is 103 cm³/mol. The van der Waals surface area contributed by atoms with E-state index in [1.54, 1.807) is 38.1 Å². The number of nitrogens with one attached hydrogen (secondary N) is 1. The third-order valence-corrected chi connectivity index (χ3v) is 4.23. The maximum absolute atomic E-state index is 12.5. The van der Waals surface area contributed by atoms with Crippen LogP contribution in [-0.4, -0.2) is 22.1 Å². The minimum absolute atomic E-state index is 0.141. The highest BCUT2D eigenvalue weighted by Crippen LogP contribution is 2.04. The van der Waals surface area contributed by atoms with Gasteiger partial charge in [-0.05, 0) is 26.0 Å². The van der Waals surface area contributed by atoms with Crippen LogP contribution in [-0.2, 0) is 16.1 Å². The van der Waals surface area contributed by atoms with Crippen LogP contribution in [0.5, 0.6) is 0 Å². The summed E-state index contributed by atoms with van der Waals surface area (Å²) in [4.78, 5) is 28.3. The zero-order chi connectivity index (χ0) is 19.8. The Hall–Kier alpha value is -3.56. The van der Waals surface area contributed by atoms with Crippen LogP contribution in [0, 0.1) is 11.3 Å². The molecule has 0 amide bonds. The minimum Gasteiger partial charge on any atom is -0.461 e. The molecule has 27 heavy (non-hydrogen) atoms. The topological polar surface area (TPSA) is 123 Å². The summed E-state index contributed by atoms with van der Waals surface area (Å²) in [5.41, 5.74) is 10.5. The Kier molecular flexibility index (Phi) is 6.75.